The Morgan fingerprint density at radius 2 is 1.48 bits per heavy atom. The van der Waals surface area contributed by atoms with E-state index in [4.69, 9.17) is 28.7 Å². The van der Waals surface area contributed by atoms with E-state index >= 15 is 0 Å². The molecule has 0 aliphatic carbocycles. The van der Waals surface area contributed by atoms with Crippen LogP contribution in [0.15, 0.2) is 0 Å². The summed E-state index contributed by atoms with van der Waals surface area (Å²) < 4.78 is 21.8. The number of hydrogen-bond donors (Lipinski definition) is 0. The molecule has 2 unspecified atom stereocenters. The Hall–Kier alpha value is -0.240. The molecule has 1 saturated heterocycles. The van der Waals surface area contributed by atoms with Gasteiger partial charge < -0.3 is 18.9 Å². The predicted octanol–water partition coefficient (Wildman–Crippen LogP) is 4.07. The molecule has 1 aliphatic heterocycles. The van der Waals surface area contributed by atoms with Crippen LogP contribution in [0.1, 0.15) is 64.7 Å². The van der Waals surface area contributed by atoms with E-state index in [9.17, 15) is 0 Å². The summed E-state index contributed by atoms with van der Waals surface area (Å²) in [5.74, 6) is -0.819. The van der Waals surface area contributed by atoms with Crippen LogP contribution < -0.4 is 0 Å². The molecule has 0 N–H and O–H groups in total. The number of hydrogen-bond acceptors (Lipinski definition) is 6. The molecule has 0 saturated carbocycles. The fourth-order valence-electron chi connectivity index (χ4n) is 3.15. The van der Waals surface area contributed by atoms with Crippen molar-refractivity contribution >= 4 is 0 Å². The molecule has 6 heteroatoms. The highest BCUT2D eigenvalue weighted by Crippen LogP contribution is 2.32. The first-order valence-corrected chi connectivity index (χ1v) is 9.73. The third-order valence-corrected chi connectivity index (χ3v) is 4.78. The number of unbranched alkanes of at least 4 members (excludes halogenated alkanes) is 5. The molecule has 1 rings (SSSR count). The maximum absolute atomic E-state index is 5.58. The van der Waals surface area contributed by atoms with Crippen molar-refractivity contribution in [2.75, 3.05) is 41.2 Å². The minimum Gasteiger partial charge on any atom is -0.370 e. The van der Waals surface area contributed by atoms with Crippen molar-refractivity contribution in [2.24, 2.45) is 5.92 Å². The largest absolute Gasteiger partial charge is 0.370 e. The Morgan fingerprint density at radius 3 is 2.08 bits per heavy atom. The molecular weight excluding hydrogens is 324 g/mol. The van der Waals surface area contributed by atoms with Crippen LogP contribution >= 0.6 is 0 Å². The van der Waals surface area contributed by atoms with Crippen molar-refractivity contribution in [2.45, 2.75) is 76.8 Å². The van der Waals surface area contributed by atoms with Gasteiger partial charge in [0.15, 0.2) is 0 Å². The highest BCUT2D eigenvalue weighted by Gasteiger charge is 2.39. The van der Waals surface area contributed by atoms with Gasteiger partial charge in [-0.3, -0.25) is 0 Å². The van der Waals surface area contributed by atoms with Gasteiger partial charge in [0.05, 0.1) is 13.2 Å². The minimum absolute atomic E-state index is 0.161. The van der Waals surface area contributed by atoms with Gasteiger partial charge in [-0.05, 0) is 19.3 Å². The van der Waals surface area contributed by atoms with Crippen LogP contribution in [0.3, 0.4) is 0 Å². The standard InChI is InChI=1S/C19H38O6/c1-5-6-7-8-9-10-12-17(19(20-2,21-3)22-4)13-11-14-24-25-16-18-15-23-18/h17-18H,5-16H2,1-4H3. The molecule has 0 radical (unpaired) electrons. The molecule has 0 amide bonds. The summed E-state index contributed by atoms with van der Waals surface area (Å²) >= 11 is 0. The van der Waals surface area contributed by atoms with Crippen molar-refractivity contribution in [3.63, 3.8) is 0 Å². The van der Waals surface area contributed by atoms with Crippen LogP contribution in [0.5, 0.6) is 0 Å². The molecule has 1 fully saturated rings. The number of rotatable bonds is 18. The first-order chi connectivity index (χ1) is 12.2. The second-order valence-corrected chi connectivity index (χ2v) is 6.67. The lowest BCUT2D eigenvalue weighted by Crippen LogP contribution is -2.44. The summed E-state index contributed by atoms with van der Waals surface area (Å²) in [5.41, 5.74) is 0. The van der Waals surface area contributed by atoms with Crippen LogP contribution in [0, 0.1) is 5.92 Å². The van der Waals surface area contributed by atoms with Gasteiger partial charge >= 0.3 is 0 Å². The smallest absolute Gasteiger partial charge is 0.285 e. The monoisotopic (exact) mass is 362 g/mol. The molecule has 1 aliphatic rings. The van der Waals surface area contributed by atoms with Gasteiger partial charge in [0.25, 0.3) is 5.97 Å². The highest BCUT2D eigenvalue weighted by atomic mass is 17.2. The molecule has 6 nitrogen and oxygen atoms in total. The van der Waals surface area contributed by atoms with Gasteiger partial charge in [0, 0.05) is 27.2 Å². The molecule has 2 atom stereocenters. The van der Waals surface area contributed by atoms with Crippen LogP contribution in [-0.2, 0) is 28.7 Å². The van der Waals surface area contributed by atoms with E-state index in [1.54, 1.807) is 21.3 Å². The summed E-state index contributed by atoms with van der Waals surface area (Å²) in [4.78, 5) is 10.3. The molecule has 25 heavy (non-hydrogen) atoms. The molecule has 0 aromatic carbocycles. The lowest BCUT2D eigenvalue weighted by Gasteiger charge is -2.36. The Labute approximate surface area is 153 Å². The summed E-state index contributed by atoms with van der Waals surface area (Å²) in [6.07, 6.45) is 10.6. The quantitative estimate of drug-likeness (QED) is 0.120. The van der Waals surface area contributed by atoms with E-state index in [0.29, 0.717) is 13.2 Å². The zero-order valence-corrected chi connectivity index (χ0v) is 16.6. The van der Waals surface area contributed by atoms with Crippen LogP contribution in [0.2, 0.25) is 0 Å². The van der Waals surface area contributed by atoms with E-state index in [1.807, 2.05) is 0 Å². The molecule has 0 aromatic rings. The second kappa shape index (κ2) is 13.9. The molecular formula is C19H38O6. The average molecular weight is 363 g/mol. The number of methoxy groups -OCH3 is 3. The molecule has 0 aromatic heterocycles. The topological polar surface area (TPSA) is 58.7 Å². The van der Waals surface area contributed by atoms with Crippen LogP contribution in [0.25, 0.3) is 0 Å². The van der Waals surface area contributed by atoms with E-state index in [-0.39, 0.29) is 12.0 Å². The van der Waals surface area contributed by atoms with Crippen LogP contribution in [-0.4, -0.2) is 53.2 Å². The maximum Gasteiger partial charge on any atom is 0.285 e. The maximum atomic E-state index is 5.58. The number of epoxide rings is 1. The van der Waals surface area contributed by atoms with Crippen molar-refractivity contribution in [1.82, 2.24) is 0 Å². The Bertz CT molecular complexity index is 296. The van der Waals surface area contributed by atoms with Crippen molar-refractivity contribution < 1.29 is 28.7 Å². The molecule has 1 heterocycles. The van der Waals surface area contributed by atoms with E-state index in [2.05, 4.69) is 6.92 Å². The van der Waals surface area contributed by atoms with Gasteiger partial charge in [-0.15, -0.1) is 0 Å². The summed E-state index contributed by atoms with van der Waals surface area (Å²) in [6.45, 7) is 4.08. The second-order valence-electron chi connectivity index (χ2n) is 6.67. The van der Waals surface area contributed by atoms with Gasteiger partial charge in [-0.1, -0.05) is 45.4 Å². The van der Waals surface area contributed by atoms with Crippen molar-refractivity contribution in [3.8, 4) is 0 Å². The lowest BCUT2D eigenvalue weighted by atomic mass is 9.93. The minimum atomic E-state index is -0.980. The van der Waals surface area contributed by atoms with E-state index < -0.39 is 5.97 Å². The third-order valence-electron chi connectivity index (χ3n) is 4.78. The van der Waals surface area contributed by atoms with Gasteiger partial charge in [-0.2, -0.15) is 0 Å². The fourth-order valence-corrected chi connectivity index (χ4v) is 3.15. The van der Waals surface area contributed by atoms with E-state index in [1.165, 1.54) is 32.1 Å². The first-order valence-electron chi connectivity index (χ1n) is 9.73. The van der Waals surface area contributed by atoms with Gasteiger partial charge in [-0.25, -0.2) is 9.78 Å². The van der Waals surface area contributed by atoms with E-state index in [0.717, 1.165) is 32.3 Å². The van der Waals surface area contributed by atoms with Gasteiger partial charge in [0.2, 0.25) is 0 Å². The highest BCUT2D eigenvalue weighted by molar-refractivity contribution is 4.71. The molecule has 0 bridgehead atoms. The summed E-state index contributed by atoms with van der Waals surface area (Å²) in [6, 6.07) is 0. The molecule has 150 valence electrons. The first kappa shape index (κ1) is 22.8. The predicted molar refractivity (Wildman–Crippen MR) is 96.1 cm³/mol. The Balaban J connectivity index is 2.29. The summed E-state index contributed by atoms with van der Waals surface area (Å²) in [5, 5.41) is 0. The van der Waals surface area contributed by atoms with Crippen LogP contribution in [0.4, 0.5) is 0 Å². The number of ether oxygens (including phenoxy) is 4. The van der Waals surface area contributed by atoms with Gasteiger partial charge in [0.1, 0.15) is 12.7 Å². The molecule has 0 spiro atoms. The Kier molecular flexibility index (Phi) is 12.7. The third kappa shape index (κ3) is 9.31. The fraction of sp³-hybridized carbons (Fsp3) is 1.00. The SMILES string of the molecule is CCCCCCCCC(CCCOOCC1CO1)C(OC)(OC)OC. The lowest BCUT2D eigenvalue weighted by molar-refractivity contribution is -0.381. The summed E-state index contributed by atoms with van der Waals surface area (Å²) in [7, 11) is 4.91. The Morgan fingerprint density at radius 1 is 0.880 bits per heavy atom. The van der Waals surface area contributed by atoms with Crippen molar-refractivity contribution in [1.29, 1.82) is 0 Å². The normalized spacial score (nSPS) is 18.5. The van der Waals surface area contributed by atoms with Crippen molar-refractivity contribution in [3.05, 3.63) is 0 Å². The zero-order valence-electron chi connectivity index (χ0n) is 16.6. The average Bonchev–Trinajstić information content (AvgIpc) is 3.46. The zero-order chi connectivity index (χ0) is 18.4.